The van der Waals surface area contributed by atoms with Crippen molar-refractivity contribution in [3.8, 4) is 0 Å². The second-order valence-electron chi connectivity index (χ2n) is 4.16. The lowest BCUT2D eigenvalue weighted by molar-refractivity contribution is 0.483. The average molecular weight is 773 g/mol. The largest absolute Gasteiger partial charge is 0.246 e. The molecule has 0 N–H and O–H groups in total. The fourth-order valence-electron chi connectivity index (χ4n) is 1.38. The lowest BCUT2D eigenvalue weighted by Gasteiger charge is -2.07. The summed E-state index contributed by atoms with van der Waals surface area (Å²) in [5.41, 5.74) is 1.61. The highest BCUT2D eigenvalue weighted by Crippen LogP contribution is 2.40. The van der Waals surface area contributed by atoms with Crippen LogP contribution in [0.4, 0.5) is 8.78 Å². The van der Waals surface area contributed by atoms with E-state index in [0.717, 1.165) is 27.9 Å². The topological polar surface area (TPSA) is 0 Å². The molecule has 0 radical (unpaired) electrons. The molecule has 0 aliphatic rings. The van der Waals surface area contributed by atoms with Gasteiger partial charge in [-0.3, -0.25) is 0 Å². The molecule has 0 nitrogen and oxygen atoms in total. The minimum Gasteiger partial charge on any atom is -0.246 e. The van der Waals surface area contributed by atoms with Crippen molar-refractivity contribution in [3.05, 3.63) is 60.4 Å². The first-order valence-corrected chi connectivity index (χ1v) is 11.3. The molecule has 0 aromatic heterocycles. The number of hydrogen-bond donors (Lipinski definition) is 0. The highest BCUT2D eigenvalue weighted by Gasteiger charge is 2.15. The van der Waals surface area contributed by atoms with E-state index in [4.69, 9.17) is 0 Å². The molecule has 9 heteroatoms. The second kappa shape index (κ2) is 10.1. The summed E-state index contributed by atoms with van der Waals surface area (Å²) in [5.74, 6) is -0.306. The van der Waals surface area contributed by atoms with E-state index in [1.807, 2.05) is 13.0 Å². The van der Waals surface area contributed by atoms with E-state index in [2.05, 4.69) is 112 Å². The number of halogens is 9. The van der Waals surface area contributed by atoms with Crippen LogP contribution >= 0.6 is 112 Å². The van der Waals surface area contributed by atoms with E-state index in [1.165, 1.54) is 0 Å². The van der Waals surface area contributed by atoms with Crippen LogP contribution in [0.15, 0.2) is 43.4 Å². The van der Waals surface area contributed by atoms with Crippen molar-refractivity contribution in [2.75, 3.05) is 0 Å². The van der Waals surface area contributed by atoms with E-state index in [9.17, 15) is 8.78 Å². The Balaban J connectivity index is 0.000000231. The molecule has 2 aromatic rings. The molecule has 0 fully saturated rings. The summed E-state index contributed by atoms with van der Waals surface area (Å²) in [4.78, 5) is 0. The maximum atomic E-state index is 13.3. The van der Waals surface area contributed by atoms with Crippen LogP contribution in [0, 0.1) is 12.7 Å². The first kappa shape index (κ1) is 22.7. The molecule has 0 atom stereocenters. The predicted molar refractivity (Wildman–Crippen MR) is 116 cm³/mol. The van der Waals surface area contributed by atoms with Crippen LogP contribution in [0.5, 0.6) is 0 Å². The monoisotopic (exact) mass is 765 g/mol. The van der Waals surface area contributed by atoms with Gasteiger partial charge in [-0.2, -0.15) is 0 Å². The summed E-state index contributed by atoms with van der Waals surface area (Å²) in [5, 5.41) is 0. The lowest BCUT2D eigenvalue weighted by Crippen LogP contribution is -1.88. The standard InChI is InChI=1S/C7H3Br4F.C7H4Br3F/c1-2-3(8)5(10)7(12)6(11)4(2)9;8-5-2-1-4(3-11)6(9)7(5)10/h1H3;1-2H,3H2. The average Bonchev–Trinajstić information content (AvgIpc) is 2.55. The van der Waals surface area contributed by atoms with Gasteiger partial charge in [-0.15, -0.1) is 0 Å². The van der Waals surface area contributed by atoms with E-state index in [1.54, 1.807) is 6.07 Å². The van der Waals surface area contributed by atoms with Gasteiger partial charge >= 0.3 is 0 Å². The minimum atomic E-state index is -0.452. The van der Waals surface area contributed by atoms with Gasteiger partial charge in [0.15, 0.2) is 5.82 Å². The van der Waals surface area contributed by atoms with E-state index in [0.29, 0.717) is 14.5 Å². The number of alkyl halides is 1. The maximum Gasteiger partial charge on any atom is 0.153 e. The lowest BCUT2D eigenvalue weighted by atomic mass is 10.2. The Hall–Kier alpha value is 1.66. The van der Waals surface area contributed by atoms with Crippen LogP contribution in [0.1, 0.15) is 11.1 Å². The zero-order chi connectivity index (χ0) is 17.9. The Morgan fingerprint density at radius 1 is 0.739 bits per heavy atom. The van der Waals surface area contributed by atoms with E-state index in [-0.39, 0.29) is 5.82 Å². The number of benzene rings is 2. The number of rotatable bonds is 1. The molecule has 2 aromatic carbocycles. The Bertz CT molecular complexity index is 627. The van der Waals surface area contributed by atoms with Gasteiger partial charge in [0, 0.05) is 22.4 Å². The molecule has 0 aliphatic heterocycles. The Kier molecular flexibility index (Phi) is 9.98. The molecular weight excluding hydrogens is 765 g/mol. The molecule has 0 unspecified atom stereocenters. The van der Waals surface area contributed by atoms with Gasteiger partial charge in [-0.1, -0.05) is 6.07 Å². The van der Waals surface area contributed by atoms with Gasteiger partial charge in [-0.25, -0.2) is 8.78 Å². The first-order chi connectivity index (χ1) is 10.6. The Labute approximate surface area is 192 Å². The van der Waals surface area contributed by atoms with Gasteiger partial charge in [0.05, 0.1) is 8.95 Å². The molecule has 0 saturated heterocycles. The van der Waals surface area contributed by atoms with Crippen LogP contribution in [0.2, 0.25) is 0 Å². The third-order valence-corrected chi connectivity index (χ3v) is 10.7. The van der Waals surface area contributed by atoms with Crippen LogP contribution in [-0.2, 0) is 6.67 Å². The van der Waals surface area contributed by atoms with E-state index >= 15 is 0 Å². The van der Waals surface area contributed by atoms with Crippen LogP contribution in [0.3, 0.4) is 0 Å². The van der Waals surface area contributed by atoms with Crippen LogP contribution in [0.25, 0.3) is 0 Å². The summed E-state index contributed by atoms with van der Waals surface area (Å²) in [6, 6.07) is 3.54. The number of hydrogen-bond acceptors (Lipinski definition) is 0. The molecule has 0 bridgehead atoms. The zero-order valence-corrected chi connectivity index (χ0v) is 22.4. The van der Waals surface area contributed by atoms with Gasteiger partial charge in [0.2, 0.25) is 0 Å². The highest BCUT2D eigenvalue weighted by atomic mass is 79.9. The Morgan fingerprint density at radius 3 is 1.65 bits per heavy atom. The molecule has 2 rings (SSSR count). The predicted octanol–water partition coefficient (Wildman–Crippen LogP) is 9.63. The van der Waals surface area contributed by atoms with Crippen molar-refractivity contribution in [2.24, 2.45) is 0 Å². The Morgan fingerprint density at radius 2 is 1.22 bits per heavy atom. The summed E-state index contributed by atoms with van der Waals surface area (Å²) in [6.45, 7) is 1.44. The second-order valence-corrected chi connectivity index (χ2v) is 9.78. The smallest absolute Gasteiger partial charge is 0.153 e. The van der Waals surface area contributed by atoms with Crippen molar-refractivity contribution in [2.45, 2.75) is 13.6 Å². The molecule has 126 valence electrons. The van der Waals surface area contributed by atoms with Crippen molar-refractivity contribution in [1.29, 1.82) is 0 Å². The maximum absolute atomic E-state index is 13.3. The molecule has 0 saturated carbocycles. The zero-order valence-electron chi connectivity index (χ0n) is 11.3. The molecular formula is C14H7Br7F2. The summed E-state index contributed by atoms with van der Waals surface area (Å²) < 4.78 is 30.4. The quantitative estimate of drug-likeness (QED) is 0.200. The third-order valence-electron chi connectivity index (χ3n) is 2.69. The molecule has 0 amide bonds. The van der Waals surface area contributed by atoms with E-state index < -0.39 is 6.67 Å². The highest BCUT2D eigenvalue weighted by molar-refractivity contribution is 9.14. The van der Waals surface area contributed by atoms with Crippen molar-refractivity contribution >= 4 is 112 Å². The van der Waals surface area contributed by atoms with Crippen molar-refractivity contribution in [3.63, 3.8) is 0 Å². The molecule has 23 heavy (non-hydrogen) atoms. The van der Waals surface area contributed by atoms with Crippen LogP contribution in [-0.4, -0.2) is 0 Å². The van der Waals surface area contributed by atoms with Gasteiger partial charge in [0.1, 0.15) is 6.67 Å². The summed E-state index contributed by atoms with van der Waals surface area (Å²) in [6.07, 6.45) is 0. The third kappa shape index (κ3) is 5.57. The molecule has 0 spiro atoms. The minimum absolute atomic E-state index is 0.306. The molecule has 0 heterocycles. The van der Waals surface area contributed by atoms with Gasteiger partial charge in [-0.05, 0) is 136 Å². The molecule has 0 aliphatic carbocycles. The normalized spacial score (nSPS) is 10.3. The van der Waals surface area contributed by atoms with Crippen LogP contribution < -0.4 is 0 Å². The first-order valence-electron chi connectivity index (χ1n) is 5.79. The van der Waals surface area contributed by atoms with Gasteiger partial charge < -0.3 is 0 Å². The fourth-order valence-corrected chi connectivity index (χ4v) is 5.09. The fraction of sp³-hybridized carbons (Fsp3) is 0.143. The van der Waals surface area contributed by atoms with Gasteiger partial charge in [0.25, 0.3) is 0 Å². The van der Waals surface area contributed by atoms with Crippen molar-refractivity contribution < 1.29 is 8.78 Å². The SMILES string of the molecule is Cc1c(Br)c(Br)c(F)c(Br)c1Br.FCc1ccc(Br)c(Br)c1Br. The summed E-state index contributed by atoms with van der Waals surface area (Å²) >= 11 is 22.7. The summed E-state index contributed by atoms with van der Waals surface area (Å²) in [7, 11) is 0. The van der Waals surface area contributed by atoms with Crippen molar-refractivity contribution in [1.82, 2.24) is 0 Å².